The summed E-state index contributed by atoms with van der Waals surface area (Å²) in [4.78, 5) is 0. The lowest BCUT2D eigenvalue weighted by molar-refractivity contribution is -0.388. The zero-order valence-electron chi connectivity index (χ0n) is 36.5. The first kappa shape index (κ1) is 45.3. The third-order valence-electron chi connectivity index (χ3n) is 17.6. The van der Waals surface area contributed by atoms with Crippen LogP contribution in [0.3, 0.4) is 0 Å². The minimum atomic E-state index is -1.71. The molecule has 3 saturated carbocycles. The molecule has 0 unspecified atom stereocenters. The van der Waals surface area contributed by atoms with Gasteiger partial charge in [0.25, 0.3) is 0 Å². The Labute approximate surface area is 358 Å². The minimum absolute atomic E-state index is 0.0171. The smallest absolute Gasteiger partial charge is 0.187 e. The van der Waals surface area contributed by atoms with Gasteiger partial charge in [-0.25, -0.2) is 0 Å². The Kier molecular flexibility index (Phi) is 12.4. The Bertz CT molecular complexity index is 1590. The first-order valence-corrected chi connectivity index (χ1v) is 23.2. The fraction of sp³-hybridized carbons (Fsp3) is 0.956. The highest BCUT2D eigenvalue weighted by molar-refractivity contribution is 5.26. The molecule has 61 heavy (non-hydrogen) atoms. The van der Waals surface area contributed by atoms with Crippen LogP contribution in [-0.4, -0.2) is 164 Å². The maximum absolute atomic E-state index is 12.0. The standard InChI is InChI=1S/C45H72O16/c1-19-9-14-45(54-18-19)20(2)30-28(61-45)16-27-25-8-7-23-15-24(10-12-43(23,5)26(25)11-13-44(27,30)6)57-42-39(60-41-36(52)34(50)32(48)22(4)56-41)37(53)38(29(17-46)58-42)59-40-35(51)33(49)31(47)21(3)55-40/h7,19-22,24-42,46-53H,8-18H2,1-6H3/t19-,20+,21+,22+,24+,25-,26+,27+,28+,29-,30+,31+,32+,33-,34-,35-,36-,37+,38-,39-,40+,41+,42+,43+,44+,45-/m1/s1. The average molecular weight is 869 g/mol. The maximum Gasteiger partial charge on any atom is 0.187 e. The molecular weight excluding hydrogens is 796 g/mol. The molecule has 8 N–H and O–H groups in total. The van der Waals surface area contributed by atoms with Crippen LogP contribution in [0.2, 0.25) is 0 Å². The van der Waals surface area contributed by atoms with Crippen molar-refractivity contribution in [1.82, 2.24) is 0 Å². The van der Waals surface area contributed by atoms with Crippen LogP contribution < -0.4 is 0 Å². The van der Waals surface area contributed by atoms with Crippen LogP contribution in [0, 0.1) is 46.3 Å². The quantitative estimate of drug-likeness (QED) is 0.168. The van der Waals surface area contributed by atoms with Crippen molar-refractivity contribution in [2.45, 2.75) is 209 Å². The first-order chi connectivity index (χ1) is 28.9. The van der Waals surface area contributed by atoms with Crippen LogP contribution in [0.1, 0.15) is 99.3 Å². The molecule has 0 aromatic carbocycles. The monoisotopic (exact) mass is 868 g/mol. The van der Waals surface area contributed by atoms with Crippen LogP contribution in [-0.2, 0) is 37.9 Å². The normalized spacial score (nSPS) is 58.4. The van der Waals surface area contributed by atoms with Crippen molar-refractivity contribution in [3.63, 3.8) is 0 Å². The molecule has 1 spiro atoms. The van der Waals surface area contributed by atoms with Gasteiger partial charge in [-0.05, 0) is 106 Å². The molecule has 9 rings (SSSR count). The van der Waals surface area contributed by atoms with Crippen molar-refractivity contribution in [3.8, 4) is 0 Å². The van der Waals surface area contributed by atoms with Gasteiger partial charge in [0.1, 0.15) is 61.0 Å². The molecule has 348 valence electrons. The van der Waals surface area contributed by atoms with Crippen LogP contribution in [0.15, 0.2) is 11.6 Å². The number of allylic oxidation sites excluding steroid dienone is 1. The van der Waals surface area contributed by atoms with E-state index in [2.05, 4.69) is 33.8 Å². The fourth-order valence-corrected chi connectivity index (χ4v) is 14.0. The molecule has 0 amide bonds. The molecule has 16 nitrogen and oxygen atoms in total. The zero-order valence-corrected chi connectivity index (χ0v) is 36.5. The third-order valence-corrected chi connectivity index (χ3v) is 17.6. The molecule has 5 saturated heterocycles. The first-order valence-electron chi connectivity index (χ1n) is 23.2. The highest BCUT2D eigenvalue weighted by Gasteiger charge is 2.69. The molecular formula is C45H72O16. The fourth-order valence-electron chi connectivity index (χ4n) is 14.0. The van der Waals surface area contributed by atoms with E-state index < -0.39 is 105 Å². The van der Waals surface area contributed by atoms with Gasteiger partial charge in [0.2, 0.25) is 0 Å². The van der Waals surface area contributed by atoms with Crippen LogP contribution >= 0.6 is 0 Å². The van der Waals surface area contributed by atoms with Gasteiger partial charge in [0.15, 0.2) is 24.7 Å². The molecule has 0 bridgehead atoms. The van der Waals surface area contributed by atoms with Gasteiger partial charge in [-0.2, -0.15) is 0 Å². The second-order valence-corrected chi connectivity index (χ2v) is 21.1. The van der Waals surface area contributed by atoms with E-state index in [1.54, 1.807) is 0 Å². The molecule has 5 aliphatic heterocycles. The van der Waals surface area contributed by atoms with Crippen molar-refractivity contribution in [3.05, 3.63) is 11.6 Å². The van der Waals surface area contributed by atoms with E-state index in [0.29, 0.717) is 48.3 Å². The number of ether oxygens (including phenoxy) is 8. The van der Waals surface area contributed by atoms with Crippen molar-refractivity contribution in [2.24, 2.45) is 46.3 Å². The lowest BCUT2D eigenvalue weighted by Crippen LogP contribution is -2.66. The summed E-state index contributed by atoms with van der Waals surface area (Å²) in [5.41, 5.74) is 1.53. The van der Waals surface area contributed by atoms with Gasteiger partial charge in [0, 0.05) is 12.3 Å². The molecule has 0 aromatic heterocycles. The molecule has 0 aromatic rings. The predicted octanol–water partition coefficient (Wildman–Crippen LogP) is 1.24. The summed E-state index contributed by atoms with van der Waals surface area (Å²) in [5.74, 6) is 2.64. The number of fused-ring (bicyclic) bond motifs is 7. The van der Waals surface area contributed by atoms with E-state index in [4.69, 9.17) is 37.9 Å². The molecule has 16 heteroatoms. The molecule has 5 heterocycles. The van der Waals surface area contributed by atoms with E-state index in [0.717, 1.165) is 45.1 Å². The van der Waals surface area contributed by atoms with E-state index in [1.165, 1.54) is 25.8 Å². The summed E-state index contributed by atoms with van der Waals surface area (Å²) in [5, 5.41) is 85.9. The molecule has 4 aliphatic carbocycles. The maximum atomic E-state index is 12.0. The van der Waals surface area contributed by atoms with Crippen molar-refractivity contribution in [1.29, 1.82) is 0 Å². The van der Waals surface area contributed by atoms with Gasteiger partial charge in [0.05, 0.1) is 37.6 Å². The van der Waals surface area contributed by atoms with Crippen LogP contribution in [0.4, 0.5) is 0 Å². The topological polar surface area (TPSA) is 236 Å². The second-order valence-electron chi connectivity index (χ2n) is 21.1. The lowest BCUT2D eigenvalue weighted by atomic mass is 9.47. The average Bonchev–Trinajstić information content (AvgIpc) is 3.69. The van der Waals surface area contributed by atoms with Crippen LogP contribution in [0.25, 0.3) is 0 Å². The van der Waals surface area contributed by atoms with Gasteiger partial charge < -0.3 is 78.7 Å². The van der Waals surface area contributed by atoms with E-state index >= 15 is 0 Å². The van der Waals surface area contributed by atoms with E-state index in [9.17, 15) is 40.9 Å². The number of aliphatic hydroxyl groups excluding tert-OH is 8. The molecule has 8 fully saturated rings. The molecule has 9 aliphatic rings. The van der Waals surface area contributed by atoms with E-state index in [-0.39, 0.29) is 23.0 Å². The molecule has 0 radical (unpaired) electrons. The Balaban J connectivity index is 0.916. The summed E-state index contributed by atoms with van der Waals surface area (Å²) < 4.78 is 50.1. The molecule has 26 atom stereocenters. The van der Waals surface area contributed by atoms with Gasteiger partial charge >= 0.3 is 0 Å². The largest absolute Gasteiger partial charge is 0.394 e. The highest BCUT2D eigenvalue weighted by atomic mass is 16.8. The lowest BCUT2D eigenvalue weighted by Gasteiger charge is -2.58. The Morgan fingerprint density at radius 1 is 0.689 bits per heavy atom. The Morgan fingerprint density at radius 3 is 1.97 bits per heavy atom. The minimum Gasteiger partial charge on any atom is -0.394 e. The zero-order chi connectivity index (χ0) is 43.5. The van der Waals surface area contributed by atoms with E-state index in [1.807, 2.05) is 0 Å². The van der Waals surface area contributed by atoms with Crippen molar-refractivity contribution in [2.75, 3.05) is 13.2 Å². The van der Waals surface area contributed by atoms with Crippen molar-refractivity contribution >= 4 is 0 Å². The number of aliphatic hydroxyl groups is 8. The summed E-state index contributed by atoms with van der Waals surface area (Å²) in [6.07, 6.45) is -10.4. The van der Waals surface area contributed by atoms with Gasteiger partial charge in [-0.3, -0.25) is 0 Å². The Morgan fingerprint density at radius 2 is 1.34 bits per heavy atom. The summed E-state index contributed by atoms with van der Waals surface area (Å²) >= 11 is 0. The SMILES string of the molecule is C[C@@H]1CC[C@@]2(OC1)O[C@H]1C[C@H]3[C@@H]4CC=C5C[C@@H](O[C@H]6O[C@H](CO)[C@@H](O[C@@H]7O[C@@H](C)[C@H](O)[C@@H](O)[C@H]7O)[C@H](O)[C@H]6O[C@@H]6O[C@@H](C)[C@H](O)[C@@H](O)[C@H]6O)CC[C@]5(C)[C@H]4CC[C@]3(C)[C@H]1[C@@H]2C. The number of hydrogen-bond donors (Lipinski definition) is 8. The van der Waals surface area contributed by atoms with Gasteiger partial charge in [-0.15, -0.1) is 0 Å². The summed E-state index contributed by atoms with van der Waals surface area (Å²) in [7, 11) is 0. The van der Waals surface area contributed by atoms with Gasteiger partial charge in [-0.1, -0.05) is 39.3 Å². The second kappa shape index (κ2) is 16.8. The number of hydrogen-bond acceptors (Lipinski definition) is 16. The summed E-state index contributed by atoms with van der Waals surface area (Å²) in [6.45, 7) is 12.7. The van der Waals surface area contributed by atoms with Crippen LogP contribution in [0.5, 0.6) is 0 Å². The predicted molar refractivity (Wildman–Crippen MR) is 213 cm³/mol. The third kappa shape index (κ3) is 7.42. The number of rotatable bonds is 7. The highest BCUT2D eigenvalue weighted by Crippen LogP contribution is 2.70. The summed E-state index contributed by atoms with van der Waals surface area (Å²) in [6, 6.07) is 0. The van der Waals surface area contributed by atoms with Crippen molar-refractivity contribution < 1.29 is 78.7 Å². The Hall–Kier alpha value is -0.900.